The number of aliphatic hydroxyl groups is 1. The first-order valence-corrected chi connectivity index (χ1v) is 9.42. The summed E-state index contributed by atoms with van der Waals surface area (Å²) in [4.78, 5) is 0. The Balaban J connectivity index is 1.60. The second-order valence-electron chi connectivity index (χ2n) is 9.20. The third-order valence-electron chi connectivity index (χ3n) is 6.68. The standard InChI is InChI=1S/C20H35NO/c1-14(2)6-5-7-15(3)21-16(4)19-9-17-8-18(10-19)12-20(22,11-17)13-19/h6,15-18,21-22H,5,7-13H2,1-4H3/t15-,16+,17-,18+,19?,20?/m1/s1. The van der Waals surface area contributed by atoms with Crippen molar-refractivity contribution in [1.29, 1.82) is 0 Å². The van der Waals surface area contributed by atoms with Gasteiger partial charge in [0.1, 0.15) is 0 Å². The SMILES string of the molecule is CC(C)=CCC[C@@H](C)N[C@@H](C)C12C[C@@H]3C[C@@H](CC(O)(C3)C1)C2. The lowest BCUT2D eigenvalue weighted by atomic mass is 9.46. The van der Waals surface area contributed by atoms with E-state index in [0.717, 1.165) is 31.1 Å². The Hall–Kier alpha value is -0.340. The molecular formula is C20H35NO. The highest BCUT2D eigenvalue weighted by molar-refractivity contribution is 5.11. The van der Waals surface area contributed by atoms with E-state index < -0.39 is 0 Å². The highest BCUT2D eigenvalue weighted by atomic mass is 16.3. The largest absolute Gasteiger partial charge is 0.390 e. The van der Waals surface area contributed by atoms with E-state index in [1.54, 1.807) is 0 Å². The molecule has 4 saturated carbocycles. The summed E-state index contributed by atoms with van der Waals surface area (Å²) in [5.41, 5.74) is 1.46. The van der Waals surface area contributed by atoms with E-state index in [0.29, 0.717) is 17.5 Å². The molecule has 0 amide bonds. The van der Waals surface area contributed by atoms with Crippen molar-refractivity contribution < 1.29 is 5.11 Å². The van der Waals surface area contributed by atoms with Crippen LogP contribution < -0.4 is 5.32 Å². The predicted octanol–water partition coefficient (Wildman–Crippen LogP) is 4.43. The molecule has 0 aliphatic heterocycles. The Kier molecular flexibility index (Phi) is 4.46. The minimum atomic E-state index is -0.328. The Morgan fingerprint density at radius 1 is 1.18 bits per heavy atom. The third-order valence-corrected chi connectivity index (χ3v) is 6.68. The Labute approximate surface area is 136 Å². The molecule has 0 aromatic rings. The molecule has 0 heterocycles. The van der Waals surface area contributed by atoms with E-state index in [-0.39, 0.29) is 5.60 Å². The van der Waals surface area contributed by atoms with Gasteiger partial charge in [-0.1, -0.05) is 11.6 Å². The Bertz CT molecular complexity index is 423. The van der Waals surface area contributed by atoms with Gasteiger partial charge in [0.25, 0.3) is 0 Å². The van der Waals surface area contributed by atoms with Gasteiger partial charge in [-0.25, -0.2) is 0 Å². The van der Waals surface area contributed by atoms with Gasteiger partial charge >= 0.3 is 0 Å². The molecule has 0 radical (unpaired) electrons. The molecule has 4 rings (SSSR count). The lowest BCUT2D eigenvalue weighted by molar-refractivity contribution is -0.172. The molecule has 0 saturated heterocycles. The molecule has 2 unspecified atom stereocenters. The summed E-state index contributed by atoms with van der Waals surface area (Å²) < 4.78 is 0. The average Bonchev–Trinajstić information content (AvgIpc) is 2.34. The molecular weight excluding hydrogens is 270 g/mol. The van der Waals surface area contributed by atoms with Crippen LogP contribution in [0.25, 0.3) is 0 Å². The number of allylic oxidation sites excluding steroid dienone is 2. The lowest BCUT2D eigenvalue weighted by Gasteiger charge is -2.62. The molecule has 4 aliphatic rings. The molecule has 2 heteroatoms. The summed E-state index contributed by atoms with van der Waals surface area (Å²) in [5, 5.41) is 14.8. The van der Waals surface area contributed by atoms with Crippen LogP contribution in [-0.2, 0) is 0 Å². The van der Waals surface area contributed by atoms with Crippen LogP contribution in [0.3, 0.4) is 0 Å². The maximum absolute atomic E-state index is 10.9. The number of hydrogen-bond donors (Lipinski definition) is 2. The van der Waals surface area contributed by atoms with Crippen LogP contribution in [0.2, 0.25) is 0 Å². The first kappa shape index (κ1) is 16.5. The van der Waals surface area contributed by atoms with Crippen molar-refractivity contribution in [3.63, 3.8) is 0 Å². The van der Waals surface area contributed by atoms with Crippen molar-refractivity contribution >= 4 is 0 Å². The monoisotopic (exact) mass is 305 g/mol. The average molecular weight is 306 g/mol. The molecule has 4 bridgehead atoms. The van der Waals surface area contributed by atoms with Crippen LogP contribution in [0.5, 0.6) is 0 Å². The van der Waals surface area contributed by atoms with Gasteiger partial charge in [0.05, 0.1) is 5.60 Å². The van der Waals surface area contributed by atoms with E-state index in [4.69, 9.17) is 0 Å². The van der Waals surface area contributed by atoms with Crippen LogP contribution in [0.4, 0.5) is 0 Å². The summed E-state index contributed by atoms with van der Waals surface area (Å²) in [6.45, 7) is 9.06. The van der Waals surface area contributed by atoms with Crippen molar-refractivity contribution in [2.24, 2.45) is 17.3 Å². The van der Waals surface area contributed by atoms with Gasteiger partial charge in [0.2, 0.25) is 0 Å². The van der Waals surface area contributed by atoms with Gasteiger partial charge in [-0.15, -0.1) is 0 Å². The van der Waals surface area contributed by atoms with Gasteiger partial charge in [-0.2, -0.15) is 0 Å². The maximum atomic E-state index is 10.9. The molecule has 2 N–H and O–H groups in total. The topological polar surface area (TPSA) is 32.3 Å². The molecule has 22 heavy (non-hydrogen) atoms. The van der Waals surface area contributed by atoms with Crippen LogP contribution in [0.1, 0.15) is 79.1 Å². The van der Waals surface area contributed by atoms with Gasteiger partial charge in [-0.3, -0.25) is 0 Å². The fraction of sp³-hybridized carbons (Fsp3) is 0.900. The minimum absolute atomic E-state index is 0.328. The summed E-state index contributed by atoms with van der Waals surface area (Å²) in [6.07, 6.45) is 12.0. The van der Waals surface area contributed by atoms with Gasteiger partial charge in [0, 0.05) is 12.1 Å². The fourth-order valence-corrected chi connectivity index (χ4v) is 6.10. The highest BCUT2D eigenvalue weighted by Gasteiger charge is 2.58. The van der Waals surface area contributed by atoms with E-state index in [9.17, 15) is 5.11 Å². The van der Waals surface area contributed by atoms with Crippen LogP contribution in [0.15, 0.2) is 11.6 Å². The van der Waals surface area contributed by atoms with E-state index >= 15 is 0 Å². The van der Waals surface area contributed by atoms with Crippen LogP contribution >= 0.6 is 0 Å². The third kappa shape index (κ3) is 3.28. The Morgan fingerprint density at radius 3 is 2.36 bits per heavy atom. The summed E-state index contributed by atoms with van der Waals surface area (Å²) in [5.74, 6) is 1.58. The number of hydrogen-bond acceptors (Lipinski definition) is 2. The summed E-state index contributed by atoms with van der Waals surface area (Å²) >= 11 is 0. The minimum Gasteiger partial charge on any atom is -0.390 e. The van der Waals surface area contributed by atoms with E-state index in [2.05, 4.69) is 39.1 Å². The van der Waals surface area contributed by atoms with Crippen molar-refractivity contribution in [3.05, 3.63) is 11.6 Å². The molecule has 6 atom stereocenters. The second kappa shape index (κ2) is 5.94. The number of nitrogens with one attached hydrogen (secondary N) is 1. The normalized spacial score (nSPS) is 42.2. The Morgan fingerprint density at radius 2 is 1.82 bits per heavy atom. The smallest absolute Gasteiger partial charge is 0.0659 e. The zero-order valence-electron chi connectivity index (χ0n) is 15.0. The zero-order chi connectivity index (χ0) is 16.0. The van der Waals surface area contributed by atoms with Crippen molar-refractivity contribution in [3.8, 4) is 0 Å². The van der Waals surface area contributed by atoms with Crippen molar-refractivity contribution in [2.75, 3.05) is 0 Å². The summed E-state index contributed by atoms with van der Waals surface area (Å²) in [6, 6.07) is 1.10. The lowest BCUT2D eigenvalue weighted by Crippen LogP contribution is -2.61. The van der Waals surface area contributed by atoms with Gasteiger partial charge in [0.15, 0.2) is 0 Å². The zero-order valence-corrected chi connectivity index (χ0v) is 15.0. The van der Waals surface area contributed by atoms with E-state index in [1.165, 1.54) is 37.7 Å². The predicted molar refractivity (Wildman–Crippen MR) is 92.8 cm³/mol. The van der Waals surface area contributed by atoms with Gasteiger partial charge < -0.3 is 10.4 Å². The first-order valence-electron chi connectivity index (χ1n) is 9.42. The molecule has 126 valence electrons. The fourth-order valence-electron chi connectivity index (χ4n) is 6.10. The number of rotatable bonds is 6. The van der Waals surface area contributed by atoms with Crippen molar-refractivity contribution in [2.45, 2.75) is 96.7 Å². The van der Waals surface area contributed by atoms with Crippen LogP contribution in [0, 0.1) is 17.3 Å². The van der Waals surface area contributed by atoms with Gasteiger partial charge in [-0.05, 0) is 96.3 Å². The summed E-state index contributed by atoms with van der Waals surface area (Å²) in [7, 11) is 0. The van der Waals surface area contributed by atoms with E-state index in [1.807, 2.05) is 0 Å². The first-order chi connectivity index (χ1) is 10.3. The maximum Gasteiger partial charge on any atom is 0.0659 e. The molecule has 0 aromatic carbocycles. The molecule has 0 aromatic heterocycles. The molecule has 4 fully saturated rings. The second-order valence-corrected chi connectivity index (χ2v) is 9.20. The molecule has 0 spiro atoms. The molecule has 2 nitrogen and oxygen atoms in total. The van der Waals surface area contributed by atoms with Crippen molar-refractivity contribution in [1.82, 2.24) is 5.32 Å². The quantitative estimate of drug-likeness (QED) is 0.711. The highest BCUT2D eigenvalue weighted by Crippen LogP contribution is 2.62. The molecule has 4 aliphatic carbocycles. The van der Waals surface area contributed by atoms with Crippen LogP contribution in [-0.4, -0.2) is 22.8 Å².